The number of aromatic nitrogens is 2. The minimum atomic E-state index is -0.0700. The van der Waals surface area contributed by atoms with E-state index in [-0.39, 0.29) is 5.91 Å². The molecule has 0 atom stereocenters. The highest BCUT2D eigenvalue weighted by Crippen LogP contribution is 2.13. The Balaban J connectivity index is 2.12. The molecule has 96 valence electrons. The van der Waals surface area contributed by atoms with E-state index in [0.717, 1.165) is 5.69 Å². The van der Waals surface area contributed by atoms with Crippen molar-refractivity contribution in [2.75, 3.05) is 11.4 Å². The summed E-state index contributed by atoms with van der Waals surface area (Å²) in [6.45, 7) is 2.56. The summed E-state index contributed by atoms with van der Waals surface area (Å²) < 4.78 is 0. The maximum Gasteiger partial charge on any atom is 0.251 e. The highest BCUT2D eigenvalue weighted by atomic mass is 16.2. The van der Waals surface area contributed by atoms with E-state index < -0.39 is 0 Å². The molecule has 0 unspecified atom stereocenters. The first kappa shape index (κ1) is 13.0. The molecule has 1 aromatic heterocycles. The number of hydrogen-bond acceptors (Lipinski definition) is 3. The minimum Gasteiger partial charge on any atom is -0.309 e. The molecule has 0 bridgehead atoms. The van der Waals surface area contributed by atoms with Crippen molar-refractivity contribution < 1.29 is 4.79 Å². The van der Waals surface area contributed by atoms with Crippen molar-refractivity contribution in [2.24, 2.45) is 0 Å². The number of nitrogens with zero attached hydrogens (tertiary/aromatic N) is 3. The zero-order valence-electron chi connectivity index (χ0n) is 10.7. The van der Waals surface area contributed by atoms with E-state index in [9.17, 15) is 4.79 Å². The van der Waals surface area contributed by atoms with Gasteiger partial charge < -0.3 is 4.90 Å². The van der Waals surface area contributed by atoms with Crippen molar-refractivity contribution in [3.05, 3.63) is 60.7 Å². The Kier molecular flexibility index (Phi) is 4.39. The van der Waals surface area contributed by atoms with Gasteiger partial charge in [-0.2, -0.15) is 0 Å². The predicted molar refractivity (Wildman–Crippen MR) is 75.5 cm³/mol. The van der Waals surface area contributed by atoms with Gasteiger partial charge in [-0.15, -0.1) is 0 Å². The molecule has 0 spiro atoms. The van der Waals surface area contributed by atoms with Crippen LogP contribution in [0.15, 0.2) is 55.0 Å². The Morgan fingerprint density at radius 1 is 1.26 bits per heavy atom. The maximum absolute atomic E-state index is 12.1. The van der Waals surface area contributed by atoms with Crippen LogP contribution in [-0.2, 0) is 4.79 Å². The van der Waals surface area contributed by atoms with Crippen LogP contribution < -0.4 is 4.90 Å². The summed E-state index contributed by atoms with van der Waals surface area (Å²) in [7, 11) is 0. The Morgan fingerprint density at radius 3 is 2.68 bits per heavy atom. The third-order valence-corrected chi connectivity index (χ3v) is 2.63. The van der Waals surface area contributed by atoms with Crippen LogP contribution in [0.3, 0.4) is 0 Å². The van der Waals surface area contributed by atoms with Crippen LogP contribution in [0, 0.1) is 0 Å². The van der Waals surface area contributed by atoms with Crippen molar-refractivity contribution in [2.45, 2.75) is 6.92 Å². The van der Waals surface area contributed by atoms with Gasteiger partial charge in [0.25, 0.3) is 5.91 Å². The Hall–Kier alpha value is -2.49. The second-order valence-corrected chi connectivity index (χ2v) is 3.88. The molecule has 0 aliphatic rings. The number of amides is 1. The molecular formula is C15H15N3O. The summed E-state index contributed by atoms with van der Waals surface area (Å²) in [5.74, 6) is -0.0700. The number of rotatable bonds is 4. The Bertz CT molecular complexity index is 552. The third kappa shape index (κ3) is 3.48. The second kappa shape index (κ2) is 6.44. The van der Waals surface area contributed by atoms with Gasteiger partial charge in [-0.05, 0) is 25.1 Å². The van der Waals surface area contributed by atoms with Gasteiger partial charge in [-0.3, -0.25) is 14.8 Å². The van der Waals surface area contributed by atoms with Crippen LogP contribution in [0.5, 0.6) is 0 Å². The lowest BCUT2D eigenvalue weighted by Crippen LogP contribution is -2.28. The fourth-order valence-corrected chi connectivity index (χ4v) is 1.72. The fourth-order valence-electron chi connectivity index (χ4n) is 1.72. The molecule has 0 saturated heterocycles. The predicted octanol–water partition coefficient (Wildman–Crippen LogP) is 2.54. The third-order valence-electron chi connectivity index (χ3n) is 2.63. The normalized spacial score (nSPS) is 10.6. The summed E-state index contributed by atoms with van der Waals surface area (Å²) in [4.78, 5) is 21.9. The molecule has 0 radical (unpaired) electrons. The van der Waals surface area contributed by atoms with E-state index in [4.69, 9.17) is 0 Å². The number of carbonyl (C=O) groups is 1. The molecule has 19 heavy (non-hydrogen) atoms. The van der Waals surface area contributed by atoms with Gasteiger partial charge in [0.1, 0.15) is 0 Å². The topological polar surface area (TPSA) is 46.1 Å². The molecule has 2 aromatic rings. The van der Waals surface area contributed by atoms with Crippen molar-refractivity contribution >= 4 is 17.7 Å². The van der Waals surface area contributed by atoms with Crippen LogP contribution >= 0.6 is 0 Å². The van der Waals surface area contributed by atoms with E-state index in [1.807, 2.05) is 37.3 Å². The zero-order valence-corrected chi connectivity index (χ0v) is 10.7. The molecule has 0 N–H and O–H groups in total. The lowest BCUT2D eigenvalue weighted by atomic mass is 10.2. The van der Waals surface area contributed by atoms with Crippen LogP contribution in [0.1, 0.15) is 12.6 Å². The molecule has 4 heteroatoms. The Morgan fingerprint density at radius 2 is 2.05 bits per heavy atom. The number of carbonyl (C=O) groups excluding carboxylic acids is 1. The van der Waals surface area contributed by atoms with E-state index in [1.165, 1.54) is 6.08 Å². The molecule has 1 aromatic carbocycles. The lowest BCUT2D eigenvalue weighted by molar-refractivity contribution is -0.114. The van der Waals surface area contributed by atoms with E-state index in [0.29, 0.717) is 12.2 Å². The number of anilines is 1. The summed E-state index contributed by atoms with van der Waals surface area (Å²) >= 11 is 0. The van der Waals surface area contributed by atoms with E-state index in [1.54, 1.807) is 29.6 Å². The zero-order chi connectivity index (χ0) is 13.5. The number of para-hydroxylation sites is 1. The van der Waals surface area contributed by atoms with Crippen molar-refractivity contribution in [1.82, 2.24) is 9.97 Å². The largest absolute Gasteiger partial charge is 0.309 e. The van der Waals surface area contributed by atoms with Gasteiger partial charge in [0.15, 0.2) is 0 Å². The lowest BCUT2D eigenvalue weighted by Gasteiger charge is -2.18. The molecule has 4 nitrogen and oxygen atoms in total. The molecule has 0 fully saturated rings. The quantitative estimate of drug-likeness (QED) is 0.787. The van der Waals surface area contributed by atoms with Crippen molar-refractivity contribution in [1.29, 1.82) is 0 Å². The minimum absolute atomic E-state index is 0.0700. The summed E-state index contributed by atoms with van der Waals surface area (Å²) in [5, 5.41) is 0. The van der Waals surface area contributed by atoms with Crippen LogP contribution in [0.2, 0.25) is 0 Å². The summed E-state index contributed by atoms with van der Waals surface area (Å²) in [6.07, 6.45) is 7.99. The van der Waals surface area contributed by atoms with Crippen LogP contribution in [-0.4, -0.2) is 22.4 Å². The van der Waals surface area contributed by atoms with Gasteiger partial charge in [0.2, 0.25) is 0 Å². The Labute approximate surface area is 112 Å². The van der Waals surface area contributed by atoms with Gasteiger partial charge in [-0.25, -0.2) is 0 Å². The van der Waals surface area contributed by atoms with Crippen LogP contribution in [0.25, 0.3) is 6.08 Å². The smallest absolute Gasteiger partial charge is 0.251 e. The molecule has 0 aliphatic heterocycles. The first-order chi connectivity index (χ1) is 9.31. The van der Waals surface area contributed by atoms with Gasteiger partial charge in [0.05, 0.1) is 11.9 Å². The molecule has 1 amide bonds. The first-order valence-corrected chi connectivity index (χ1v) is 6.12. The maximum atomic E-state index is 12.1. The molecule has 2 rings (SSSR count). The number of likely N-dealkylation sites (N-methyl/N-ethyl adjacent to an activating group) is 1. The van der Waals surface area contributed by atoms with Crippen molar-refractivity contribution in [3.63, 3.8) is 0 Å². The number of hydrogen-bond donors (Lipinski definition) is 0. The van der Waals surface area contributed by atoms with Gasteiger partial charge in [-0.1, -0.05) is 18.2 Å². The molecule has 0 aliphatic carbocycles. The van der Waals surface area contributed by atoms with Gasteiger partial charge >= 0.3 is 0 Å². The summed E-state index contributed by atoms with van der Waals surface area (Å²) in [6, 6.07) is 9.58. The molecule has 1 heterocycles. The SMILES string of the molecule is CCN(C(=O)C=Cc1cnccn1)c1ccccc1. The van der Waals surface area contributed by atoms with Crippen molar-refractivity contribution in [3.8, 4) is 0 Å². The highest BCUT2D eigenvalue weighted by Gasteiger charge is 2.09. The van der Waals surface area contributed by atoms with Crippen LogP contribution in [0.4, 0.5) is 5.69 Å². The average Bonchev–Trinajstić information content (AvgIpc) is 2.48. The standard InChI is InChI=1S/C15H15N3O/c1-2-18(14-6-4-3-5-7-14)15(19)9-8-13-12-16-10-11-17-13/h3-12H,2H2,1H3. The molecular weight excluding hydrogens is 238 g/mol. The number of benzene rings is 1. The first-order valence-electron chi connectivity index (χ1n) is 6.12. The van der Waals surface area contributed by atoms with E-state index in [2.05, 4.69) is 9.97 Å². The fraction of sp³-hybridized carbons (Fsp3) is 0.133. The summed E-state index contributed by atoms with van der Waals surface area (Å²) in [5.41, 5.74) is 1.55. The highest BCUT2D eigenvalue weighted by molar-refractivity contribution is 6.03. The van der Waals surface area contributed by atoms with E-state index >= 15 is 0 Å². The average molecular weight is 253 g/mol. The molecule has 0 saturated carbocycles. The monoisotopic (exact) mass is 253 g/mol. The second-order valence-electron chi connectivity index (χ2n) is 3.88. The van der Waals surface area contributed by atoms with Gasteiger partial charge in [0, 0.05) is 30.7 Å².